The van der Waals surface area contributed by atoms with E-state index in [0.717, 1.165) is 34.1 Å². The zero-order chi connectivity index (χ0) is 14.0. The van der Waals surface area contributed by atoms with Crippen LogP contribution in [-0.2, 0) is 20.0 Å². The van der Waals surface area contributed by atoms with Gasteiger partial charge < -0.3 is 5.32 Å². The van der Waals surface area contributed by atoms with Gasteiger partial charge in [-0.15, -0.1) is 0 Å². The Hall–Kier alpha value is -1.19. The lowest BCUT2D eigenvalue weighted by molar-refractivity contribution is 0.707. The van der Waals surface area contributed by atoms with Crippen LogP contribution in [0.5, 0.6) is 0 Å². The fourth-order valence-electron chi connectivity index (χ4n) is 1.97. The van der Waals surface area contributed by atoms with E-state index in [9.17, 15) is 0 Å². The van der Waals surface area contributed by atoms with Crippen molar-refractivity contribution in [2.24, 2.45) is 7.05 Å². The standard InChI is InChI=1S/C14H17Cl2N3/c1-4-11-14(16)13(19(3)18-11)8-17-12-7-9(2)5-6-10(12)15/h5-7,17H,4,8H2,1-3H3. The number of hydrogen-bond acceptors (Lipinski definition) is 2. The molecule has 0 bridgehead atoms. The Balaban J connectivity index is 2.19. The molecule has 1 heterocycles. The summed E-state index contributed by atoms with van der Waals surface area (Å²) in [6.07, 6.45) is 0.831. The number of aromatic nitrogens is 2. The first-order valence-corrected chi connectivity index (χ1v) is 6.98. The molecule has 5 heteroatoms. The van der Waals surface area contributed by atoms with Crippen molar-refractivity contribution in [3.8, 4) is 0 Å². The second-order valence-corrected chi connectivity index (χ2v) is 5.31. The van der Waals surface area contributed by atoms with E-state index in [-0.39, 0.29) is 0 Å². The van der Waals surface area contributed by atoms with E-state index in [1.165, 1.54) is 0 Å². The van der Waals surface area contributed by atoms with E-state index >= 15 is 0 Å². The molecule has 0 unspecified atom stereocenters. The first-order chi connectivity index (χ1) is 9.02. The minimum Gasteiger partial charge on any atom is -0.378 e. The highest BCUT2D eigenvalue weighted by molar-refractivity contribution is 6.33. The predicted octanol–water partition coefficient (Wildman–Crippen LogP) is 4.21. The normalized spacial score (nSPS) is 10.8. The molecule has 3 nitrogen and oxygen atoms in total. The van der Waals surface area contributed by atoms with Crippen LogP contribution in [0.25, 0.3) is 0 Å². The number of nitrogens with zero attached hydrogens (tertiary/aromatic N) is 2. The number of aryl methyl sites for hydroxylation is 3. The smallest absolute Gasteiger partial charge is 0.0868 e. The van der Waals surface area contributed by atoms with Gasteiger partial charge in [0.25, 0.3) is 0 Å². The molecule has 0 amide bonds. The molecule has 1 aromatic heterocycles. The van der Waals surface area contributed by atoms with Gasteiger partial charge in [-0.25, -0.2) is 0 Å². The van der Waals surface area contributed by atoms with Gasteiger partial charge in [0.2, 0.25) is 0 Å². The van der Waals surface area contributed by atoms with E-state index in [1.54, 1.807) is 0 Å². The van der Waals surface area contributed by atoms with Crippen LogP contribution in [0, 0.1) is 6.92 Å². The van der Waals surface area contributed by atoms with Crippen molar-refractivity contribution < 1.29 is 0 Å². The van der Waals surface area contributed by atoms with Crippen LogP contribution >= 0.6 is 23.2 Å². The van der Waals surface area contributed by atoms with Gasteiger partial charge in [0.05, 0.1) is 33.7 Å². The van der Waals surface area contributed by atoms with Gasteiger partial charge in [-0.2, -0.15) is 5.10 Å². The average molecular weight is 298 g/mol. The highest BCUT2D eigenvalue weighted by atomic mass is 35.5. The molecule has 1 aromatic carbocycles. The van der Waals surface area contributed by atoms with Gasteiger partial charge in [-0.3, -0.25) is 4.68 Å². The minimum atomic E-state index is 0.603. The van der Waals surface area contributed by atoms with Crippen molar-refractivity contribution in [3.05, 3.63) is 45.2 Å². The van der Waals surface area contributed by atoms with Crippen molar-refractivity contribution in [1.29, 1.82) is 0 Å². The minimum absolute atomic E-state index is 0.603. The molecule has 0 aliphatic heterocycles. The largest absolute Gasteiger partial charge is 0.378 e. The molecule has 0 saturated heterocycles. The fraction of sp³-hybridized carbons (Fsp3) is 0.357. The summed E-state index contributed by atoms with van der Waals surface area (Å²) in [5, 5.41) is 9.15. The SMILES string of the molecule is CCc1nn(C)c(CNc2cc(C)ccc2Cl)c1Cl. The zero-order valence-electron chi connectivity index (χ0n) is 11.3. The van der Waals surface area contributed by atoms with Crippen molar-refractivity contribution in [3.63, 3.8) is 0 Å². The lowest BCUT2D eigenvalue weighted by atomic mass is 10.2. The molecule has 2 rings (SSSR count). The number of nitrogens with one attached hydrogen (secondary N) is 1. The molecule has 0 radical (unpaired) electrons. The van der Waals surface area contributed by atoms with Crippen molar-refractivity contribution >= 4 is 28.9 Å². The maximum atomic E-state index is 6.31. The number of rotatable bonds is 4. The second kappa shape index (κ2) is 5.85. The Bertz CT molecular complexity index is 591. The lowest BCUT2D eigenvalue weighted by Gasteiger charge is -2.10. The molecular weight excluding hydrogens is 281 g/mol. The predicted molar refractivity (Wildman–Crippen MR) is 81.1 cm³/mol. The Labute approximate surface area is 123 Å². The maximum absolute atomic E-state index is 6.31. The van der Waals surface area contributed by atoms with Crippen molar-refractivity contribution in [2.45, 2.75) is 26.8 Å². The summed E-state index contributed by atoms with van der Waals surface area (Å²) in [5.41, 5.74) is 3.97. The summed E-state index contributed by atoms with van der Waals surface area (Å²) in [5.74, 6) is 0. The first kappa shape index (κ1) is 14.2. The summed E-state index contributed by atoms with van der Waals surface area (Å²) < 4.78 is 1.82. The Morgan fingerprint density at radius 3 is 2.68 bits per heavy atom. The molecule has 19 heavy (non-hydrogen) atoms. The Morgan fingerprint density at radius 1 is 1.32 bits per heavy atom. The van der Waals surface area contributed by atoms with Gasteiger partial charge in [-0.1, -0.05) is 36.2 Å². The zero-order valence-corrected chi connectivity index (χ0v) is 12.8. The lowest BCUT2D eigenvalue weighted by Crippen LogP contribution is -2.06. The molecular formula is C14H17Cl2N3. The van der Waals surface area contributed by atoms with Gasteiger partial charge >= 0.3 is 0 Å². The van der Waals surface area contributed by atoms with E-state index < -0.39 is 0 Å². The highest BCUT2D eigenvalue weighted by Gasteiger charge is 2.12. The second-order valence-electron chi connectivity index (χ2n) is 4.52. The van der Waals surface area contributed by atoms with Crippen LogP contribution in [0.2, 0.25) is 10.0 Å². The van der Waals surface area contributed by atoms with Crippen molar-refractivity contribution in [1.82, 2.24) is 9.78 Å². The molecule has 1 N–H and O–H groups in total. The topological polar surface area (TPSA) is 29.9 Å². The van der Waals surface area contributed by atoms with Crippen molar-refractivity contribution in [2.75, 3.05) is 5.32 Å². The summed E-state index contributed by atoms with van der Waals surface area (Å²) in [4.78, 5) is 0. The van der Waals surface area contributed by atoms with Crippen LogP contribution in [0.3, 0.4) is 0 Å². The molecule has 0 saturated carbocycles. The summed E-state index contributed by atoms with van der Waals surface area (Å²) in [7, 11) is 1.90. The van der Waals surface area contributed by atoms with E-state index in [4.69, 9.17) is 23.2 Å². The third-order valence-electron chi connectivity index (χ3n) is 3.07. The van der Waals surface area contributed by atoms with Gasteiger partial charge in [0.15, 0.2) is 0 Å². The molecule has 102 valence electrons. The number of hydrogen-bond donors (Lipinski definition) is 1. The molecule has 0 aliphatic rings. The molecule has 0 spiro atoms. The third kappa shape index (κ3) is 3.04. The average Bonchev–Trinajstić information content (AvgIpc) is 2.66. The van der Waals surface area contributed by atoms with E-state index in [2.05, 4.69) is 10.4 Å². The summed E-state index contributed by atoms with van der Waals surface area (Å²) in [6.45, 7) is 4.68. The molecule has 2 aromatic rings. The van der Waals surface area contributed by atoms with Gasteiger partial charge in [-0.05, 0) is 31.0 Å². The fourth-order valence-corrected chi connectivity index (χ4v) is 2.51. The summed E-state index contributed by atoms with van der Waals surface area (Å²) >= 11 is 12.5. The van der Waals surface area contributed by atoms with E-state index in [0.29, 0.717) is 11.6 Å². The number of anilines is 1. The third-order valence-corrected chi connectivity index (χ3v) is 3.84. The van der Waals surface area contributed by atoms with Crippen LogP contribution in [0.4, 0.5) is 5.69 Å². The Kier molecular flexibility index (Phi) is 4.38. The quantitative estimate of drug-likeness (QED) is 0.916. The maximum Gasteiger partial charge on any atom is 0.0868 e. The van der Waals surface area contributed by atoms with Crippen LogP contribution in [0.1, 0.15) is 23.9 Å². The molecule has 0 atom stereocenters. The number of halogens is 2. The van der Waals surface area contributed by atoms with Crippen LogP contribution in [-0.4, -0.2) is 9.78 Å². The Morgan fingerprint density at radius 2 is 2.05 bits per heavy atom. The highest BCUT2D eigenvalue weighted by Crippen LogP contribution is 2.25. The first-order valence-electron chi connectivity index (χ1n) is 6.23. The van der Waals surface area contributed by atoms with Crippen LogP contribution < -0.4 is 5.32 Å². The van der Waals surface area contributed by atoms with Gasteiger partial charge in [0, 0.05) is 7.05 Å². The van der Waals surface area contributed by atoms with E-state index in [1.807, 2.05) is 43.8 Å². The van der Waals surface area contributed by atoms with Crippen LogP contribution in [0.15, 0.2) is 18.2 Å². The molecule has 0 aliphatic carbocycles. The summed E-state index contributed by atoms with van der Waals surface area (Å²) in [6, 6.07) is 5.90. The number of benzene rings is 1. The monoisotopic (exact) mass is 297 g/mol. The molecule has 0 fully saturated rings. The van der Waals surface area contributed by atoms with Gasteiger partial charge in [0.1, 0.15) is 0 Å².